The number of rotatable bonds is 2. The molecule has 0 aliphatic rings. The molecule has 100 valence electrons. The number of nitrogens with two attached hydrogens (primary N) is 1. The van der Waals surface area contributed by atoms with E-state index in [4.69, 9.17) is 21.9 Å². The van der Waals surface area contributed by atoms with Gasteiger partial charge in [0.05, 0.1) is 5.56 Å². The van der Waals surface area contributed by atoms with Gasteiger partial charge in [-0.25, -0.2) is 0 Å². The maximum atomic E-state index is 6.05. The summed E-state index contributed by atoms with van der Waals surface area (Å²) in [7, 11) is 0. The predicted octanol–water partition coefficient (Wildman–Crippen LogP) is 4.40. The van der Waals surface area contributed by atoms with Crippen LogP contribution in [0, 0.1) is 0 Å². The van der Waals surface area contributed by atoms with Crippen LogP contribution in [0.5, 0.6) is 0 Å². The molecule has 20 heavy (non-hydrogen) atoms. The van der Waals surface area contributed by atoms with Gasteiger partial charge in [0.25, 0.3) is 0 Å². The molecule has 0 radical (unpaired) electrons. The first-order chi connectivity index (χ1) is 9.66. The van der Waals surface area contributed by atoms with E-state index in [-0.39, 0.29) is 5.88 Å². The fraction of sp³-hybridized carbons (Fsp3) is 0. The monoisotopic (exact) mass is 349 g/mol. The van der Waals surface area contributed by atoms with Crippen LogP contribution >= 0.6 is 27.5 Å². The fourth-order valence-corrected chi connectivity index (χ4v) is 2.56. The lowest BCUT2D eigenvalue weighted by molar-refractivity contribution is 0.439. The highest BCUT2D eigenvalue weighted by atomic mass is 79.9. The van der Waals surface area contributed by atoms with Gasteiger partial charge in [0.1, 0.15) is 5.69 Å². The summed E-state index contributed by atoms with van der Waals surface area (Å²) in [6, 6.07) is 9.19. The van der Waals surface area contributed by atoms with Gasteiger partial charge in [-0.05, 0) is 24.3 Å². The minimum absolute atomic E-state index is 0.250. The average Bonchev–Trinajstić information content (AvgIpc) is 2.84. The number of benzene rings is 1. The second-order valence-corrected chi connectivity index (χ2v) is 5.43. The van der Waals surface area contributed by atoms with Crippen molar-refractivity contribution in [3.63, 3.8) is 0 Å². The first-order valence-electron chi connectivity index (χ1n) is 5.78. The predicted molar refractivity (Wildman–Crippen MR) is 82.3 cm³/mol. The first-order valence-corrected chi connectivity index (χ1v) is 6.95. The number of nitrogen functional groups attached to an aromatic ring is 1. The highest BCUT2D eigenvalue weighted by Gasteiger charge is 2.19. The molecular weight excluding hydrogens is 342 g/mol. The zero-order valence-electron chi connectivity index (χ0n) is 10.2. The van der Waals surface area contributed by atoms with Crippen molar-refractivity contribution >= 4 is 33.4 Å². The second-order valence-electron chi connectivity index (χ2n) is 4.14. The van der Waals surface area contributed by atoms with E-state index in [9.17, 15) is 0 Å². The van der Waals surface area contributed by atoms with Gasteiger partial charge in [0.2, 0.25) is 5.88 Å². The van der Waals surface area contributed by atoms with Crippen molar-refractivity contribution in [2.75, 3.05) is 5.73 Å². The maximum Gasteiger partial charge on any atom is 0.230 e. The van der Waals surface area contributed by atoms with Crippen molar-refractivity contribution in [3.8, 4) is 22.4 Å². The van der Waals surface area contributed by atoms with Crippen molar-refractivity contribution in [3.05, 3.63) is 52.2 Å². The molecule has 0 fully saturated rings. The van der Waals surface area contributed by atoms with Crippen LogP contribution < -0.4 is 5.73 Å². The number of nitrogens with zero attached hydrogens (tertiary/aromatic N) is 2. The number of pyridine rings is 1. The molecular formula is C14H9BrClN3O. The largest absolute Gasteiger partial charge is 0.367 e. The molecule has 0 saturated carbocycles. The first kappa shape index (κ1) is 13.1. The Bertz CT molecular complexity index is 758. The zero-order chi connectivity index (χ0) is 14.1. The normalized spacial score (nSPS) is 10.7. The Balaban J connectivity index is 2.24. The molecule has 3 rings (SSSR count). The average molecular weight is 351 g/mol. The molecule has 2 aromatic heterocycles. The molecule has 0 aliphatic carbocycles. The summed E-state index contributed by atoms with van der Waals surface area (Å²) in [5.74, 6) is 0.250. The summed E-state index contributed by atoms with van der Waals surface area (Å²) in [5.41, 5.74) is 8.89. The van der Waals surface area contributed by atoms with Crippen LogP contribution in [0.2, 0.25) is 5.02 Å². The van der Waals surface area contributed by atoms with Crippen LogP contribution in [-0.4, -0.2) is 10.1 Å². The Morgan fingerprint density at radius 1 is 1.25 bits per heavy atom. The number of anilines is 1. The summed E-state index contributed by atoms with van der Waals surface area (Å²) < 4.78 is 6.00. The topological polar surface area (TPSA) is 64.9 Å². The van der Waals surface area contributed by atoms with E-state index in [0.717, 1.165) is 15.6 Å². The Labute approximate surface area is 128 Å². The van der Waals surface area contributed by atoms with Gasteiger partial charge >= 0.3 is 0 Å². The Morgan fingerprint density at radius 3 is 2.85 bits per heavy atom. The minimum Gasteiger partial charge on any atom is -0.367 e. The van der Waals surface area contributed by atoms with E-state index in [1.54, 1.807) is 18.5 Å². The molecule has 2 N–H and O–H groups in total. The molecule has 0 bridgehead atoms. The van der Waals surface area contributed by atoms with E-state index in [0.29, 0.717) is 16.3 Å². The zero-order valence-corrected chi connectivity index (χ0v) is 12.5. The van der Waals surface area contributed by atoms with Crippen molar-refractivity contribution < 1.29 is 4.52 Å². The molecule has 0 spiro atoms. The van der Waals surface area contributed by atoms with E-state index in [1.807, 2.05) is 24.3 Å². The van der Waals surface area contributed by atoms with Crippen molar-refractivity contribution in [1.82, 2.24) is 10.1 Å². The second kappa shape index (κ2) is 5.26. The third-order valence-corrected chi connectivity index (χ3v) is 3.78. The molecule has 1 aromatic carbocycles. The lowest BCUT2D eigenvalue weighted by Crippen LogP contribution is -1.89. The smallest absolute Gasteiger partial charge is 0.230 e. The van der Waals surface area contributed by atoms with Crippen LogP contribution in [0.4, 0.5) is 5.88 Å². The summed E-state index contributed by atoms with van der Waals surface area (Å²) in [6.07, 6.45) is 3.41. The van der Waals surface area contributed by atoms with Gasteiger partial charge in [-0.15, -0.1) is 0 Å². The molecule has 0 amide bonds. The highest BCUT2D eigenvalue weighted by molar-refractivity contribution is 9.10. The molecule has 6 heteroatoms. The van der Waals surface area contributed by atoms with Crippen molar-refractivity contribution in [1.29, 1.82) is 0 Å². The van der Waals surface area contributed by atoms with Gasteiger partial charge in [-0.3, -0.25) is 4.98 Å². The molecule has 2 heterocycles. The van der Waals surface area contributed by atoms with Gasteiger partial charge < -0.3 is 10.3 Å². The number of aromatic nitrogens is 2. The van der Waals surface area contributed by atoms with Crippen LogP contribution in [0.3, 0.4) is 0 Å². The quantitative estimate of drug-likeness (QED) is 0.744. The standard InChI is InChI=1S/C14H9BrClN3O/c15-11-4-3-9(16)6-10(11)13-12(14(17)20-19-13)8-2-1-5-18-7-8/h1-7H,17H2. The third-order valence-electron chi connectivity index (χ3n) is 2.85. The fourth-order valence-electron chi connectivity index (χ4n) is 1.96. The molecule has 0 atom stereocenters. The van der Waals surface area contributed by atoms with Crippen LogP contribution in [0.25, 0.3) is 22.4 Å². The Kier molecular flexibility index (Phi) is 3.46. The van der Waals surface area contributed by atoms with Gasteiger partial charge in [0.15, 0.2) is 0 Å². The maximum absolute atomic E-state index is 6.05. The molecule has 3 aromatic rings. The number of hydrogen-bond acceptors (Lipinski definition) is 4. The highest BCUT2D eigenvalue weighted by Crippen LogP contribution is 2.39. The molecule has 4 nitrogen and oxygen atoms in total. The molecule has 0 unspecified atom stereocenters. The number of hydrogen-bond donors (Lipinski definition) is 1. The lowest BCUT2D eigenvalue weighted by atomic mass is 10.0. The van der Waals surface area contributed by atoms with Gasteiger partial charge in [0, 0.05) is 33.0 Å². The third kappa shape index (κ3) is 2.30. The minimum atomic E-state index is 0.250. The van der Waals surface area contributed by atoms with E-state index in [2.05, 4.69) is 26.1 Å². The Morgan fingerprint density at radius 2 is 2.10 bits per heavy atom. The molecule has 0 saturated heterocycles. The summed E-state index contributed by atoms with van der Waals surface area (Å²) in [4.78, 5) is 4.09. The number of halogens is 2. The van der Waals surface area contributed by atoms with Gasteiger partial charge in [-0.2, -0.15) is 0 Å². The van der Waals surface area contributed by atoms with Gasteiger partial charge in [-0.1, -0.05) is 38.8 Å². The van der Waals surface area contributed by atoms with Crippen LogP contribution in [0.1, 0.15) is 0 Å². The van der Waals surface area contributed by atoms with E-state index in [1.165, 1.54) is 0 Å². The lowest BCUT2D eigenvalue weighted by Gasteiger charge is -2.05. The van der Waals surface area contributed by atoms with E-state index < -0.39 is 0 Å². The summed E-state index contributed by atoms with van der Waals surface area (Å²) in [5, 5.41) is 4.66. The van der Waals surface area contributed by atoms with Crippen LogP contribution in [0.15, 0.2) is 51.7 Å². The SMILES string of the molecule is Nc1onc(-c2cc(Cl)ccc2Br)c1-c1cccnc1. The van der Waals surface area contributed by atoms with Crippen molar-refractivity contribution in [2.24, 2.45) is 0 Å². The summed E-state index contributed by atoms with van der Waals surface area (Å²) in [6.45, 7) is 0. The Hall–Kier alpha value is -1.85. The summed E-state index contributed by atoms with van der Waals surface area (Å²) >= 11 is 9.54. The van der Waals surface area contributed by atoms with E-state index >= 15 is 0 Å². The molecule has 0 aliphatic heterocycles. The van der Waals surface area contributed by atoms with Crippen LogP contribution in [-0.2, 0) is 0 Å². The van der Waals surface area contributed by atoms with Crippen molar-refractivity contribution in [2.45, 2.75) is 0 Å².